The minimum Gasteiger partial charge on any atom is -0.337 e. The topological polar surface area (TPSA) is 106 Å². The van der Waals surface area contributed by atoms with Crippen LogP contribution < -0.4 is 11.1 Å². The monoisotopic (exact) mass is 576 g/mol. The number of nitrogens with one attached hydrogen (secondary N) is 1. The molecule has 2 atom stereocenters. The van der Waals surface area contributed by atoms with Crippen molar-refractivity contribution in [3.05, 3.63) is 59.8 Å². The first-order valence-electron chi connectivity index (χ1n) is 13.2. The highest BCUT2D eigenvalue weighted by Gasteiger charge is 2.39. The van der Waals surface area contributed by atoms with Gasteiger partial charge >= 0.3 is 6.18 Å². The summed E-state index contributed by atoms with van der Waals surface area (Å²) < 4.78 is 68.9. The van der Waals surface area contributed by atoms with Crippen molar-refractivity contribution < 1.29 is 26.7 Å². The molecular weight excluding hydrogens is 547 g/mol. The predicted octanol–water partition coefficient (Wildman–Crippen LogP) is 4.99. The van der Waals surface area contributed by atoms with Crippen LogP contribution in [0.15, 0.2) is 43.0 Å². The summed E-state index contributed by atoms with van der Waals surface area (Å²) in [5.41, 5.74) is 6.47. The second-order valence-corrected chi connectivity index (χ2v) is 10.2. The Bertz CT molecular complexity index is 1560. The molecule has 14 heteroatoms. The lowest BCUT2D eigenvalue weighted by molar-refractivity contribution is -0.141. The third kappa shape index (κ3) is 5.60. The lowest BCUT2D eigenvalue weighted by atomic mass is 10.0. The quantitative estimate of drug-likeness (QED) is 0.286. The van der Waals surface area contributed by atoms with Gasteiger partial charge in [0.2, 0.25) is 0 Å². The third-order valence-electron chi connectivity index (χ3n) is 7.20. The van der Waals surface area contributed by atoms with Crippen molar-refractivity contribution in [1.82, 2.24) is 29.0 Å². The molecule has 3 N–H and O–H groups in total. The molecule has 0 bridgehead atoms. The number of halogens is 5. The molecule has 218 valence electrons. The second kappa shape index (κ2) is 11.1. The maximum atomic E-state index is 13.7. The van der Waals surface area contributed by atoms with Crippen molar-refractivity contribution >= 4 is 23.1 Å². The molecule has 1 saturated heterocycles. The number of carbonyl (C=O) groups is 1. The summed E-state index contributed by atoms with van der Waals surface area (Å²) in [4.78, 5) is 23.8. The van der Waals surface area contributed by atoms with E-state index >= 15 is 0 Å². The molecule has 1 fully saturated rings. The van der Waals surface area contributed by atoms with Crippen LogP contribution in [0, 0.1) is 5.92 Å². The lowest BCUT2D eigenvalue weighted by Crippen LogP contribution is -2.40. The molecule has 3 aromatic heterocycles. The van der Waals surface area contributed by atoms with Crippen LogP contribution in [0.3, 0.4) is 0 Å². The van der Waals surface area contributed by atoms with E-state index < -0.39 is 24.8 Å². The van der Waals surface area contributed by atoms with Crippen molar-refractivity contribution in [2.24, 2.45) is 11.7 Å². The average molecular weight is 577 g/mol. The number of likely N-dealkylation sites (tertiary alicyclic amines) is 1. The van der Waals surface area contributed by atoms with Crippen LogP contribution in [0.25, 0.3) is 16.9 Å². The Balaban J connectivity index is 1.46. The molecule has 41 heavy (non-hydrogen) atoms. The maximum absolute atomic E-state index is 13.7. The number of aromatic nitrogens is 5. The second-order valence-electron chi connectivity index (χ2n) is 10.2. The average Bonchev–Trinajstić information content (AvgIpc) is 3.64. The SMILES string of the molecule is CCc1cc(Nc2nccn3c(-c4cn(CC(F)F)nc4C(F)(F)F)cnc23)ccc1C(=O)N1CC(C)CC1CN. The Labute approximate surface area is 232 Å². The van der Waals surface area contributed by atoms with E-state index in [0.29, 0.717) is 41.4 Å². The predicted molar refractivity (Wildman–Crippen MR) is 142 cm³/mol. The fourth-order valence-corrected chi connectivity index (χ4v) is 5.35. The van der Waals surface area contributed by atoms with Gasteiger partial charge in [0.05, 0.1) is 17.5 Å². The summed E-state index contributed by atoms with van der Waals surface area (Å²) in [6.07, 6.45) is -1.33. The van der Waals surface area contributed by atoms with Gasteiger partial charge in [-0.1, -0.05) is 13.8 Å². The Hall–Kier alpha value is -4.07. The van der Waals surface area contributed by atoms with E-state index in [1.54, 1.807) is 12.1 Å². The molecule has 2 unspecified atom stereocenters. The maximum Gasteiger partial charge on any atom is 0.435 e. The highest BCUT2D eigenvalue weighted by atomic mass is 19.4. The van der Waals surface area contributed by atoms with Gasteiger partial charge in [-0.05, 0) is 42.5 Å². The normalized spacial score (nSPS) is 17.6. The fourth-order valence-electron chi connectivity index (χ4n) is 5.35. The van der Waals surface area contributed by atoms with Crippen LogP contribution in [-0.4, -0.2) is 60.5 Å². The van der Waals surface area contributed by atoms with Gasteiger partial charge in [-0.2, -0.15) is 18.3 Å². The molecule has 1 aliphatic heterocycles. The van der Waals surface area contributed by atoms with Crippen LogP contribution in [0.2, 0.25) is 0 Å². The van der Waals surface area contributed by atoms with E-state index in [4.69, 9.17) is 5.73 Å². The zero-order valence-electron chi connectivity index (χ0n) is 22.4. The minimum atomic E-state index is -4.87. The Kier molecular flexibility index (Phi) is 7.68. The number of hydrogen-bond acceptors (Lipinski definition) is 6. The first-order valence-corrected chi connectivity index (χ1v) is 13.2. The van der Waals surface area contributed by atoms with E-state index in [1.807, 2.05) is 17.9 Å². The standard InChI is InChI=1S/C27H29F5N8O/c1-3-16-9-17(4-5-19(16)26(41)40-12-15(2)8-18(40)10-33)36-24-25-35-11-21(39(25)7-6-34-24)20-13-38(14-22(28)29)37-23(20)27(30,31)32/h4-7,9,11,13,15,18,22H,3,8,10,12,14,33H2,1-2H3,(H,34,36). The number of benzene rings is 1. The van der Waals surface area contributed by atoms with Gasteiger partial charge in [0.1, 0.15) is 6.54 Å². The van der Waals surface area contributed by atoms with Gasteiger partial charge < -0.3 is 16.0 Å². The highest BCUT2D eigenvalue weighted by molar-refractivity contribution is 5.96. The highest BCUT2D eigenvalue weighted by Crippen LogP contribution is 2.37. The largest absolute Gasteiger partial charge is 0.435 e. The number of hydrogen-bond donors (Lipinski definition) is 2. The smallest absolute Gasteiger partial charge is 0.337 e. The third-order valence-corrected chi connectivity index (χ3v) is 7.20. The van der Waals surface area contributed by atoms with Crippen LogP contribution in [0.4, 0.5) is 33.5 Å². The Morgan fingerprint density at radius 1 is 1.24 bits per heavy atom. The van der Waals surface area contributed by atoms with Crippen molar-refractivity contribution in [1.29, 1.82) is 0 Å². The molecule has 0 aliphatic carbocycles. The minimum absolute atomic E-state index is 0.00297. The number of nitrogens with zero attached hydrogens (tertiary/aromatic N) is 6. The first kappa shape index (κ1) is 28.5. The van der Waals surface area contributed by atoms with Crippen LogP contribution >= 0.6 is 0 Å². The van der Waals surface area contributed by atoms with Gasteiger partial charge in [-0.15, -0.1) is 0 Å². The molecule has 1 aromatic carbocycles. The first-order chi connectivity index (χ1) is 19.5. The molecule has 0 saturated carbocycles. The van der Waals surface area contributed by atoms with Gasteiger partial charge in [0.25, 0.3) is 12.3 Å². The van der Waals surface area contributed by atoms with E-state index in [2.05, 4.69) is 27.3 Å². The summed E-state index contributed by atoms with van der Waals surface area (Å²) in [6.45, 7) is 4.11. The molecule has 1 amide bonds. The van der Waals surface area contributed by atoms with Crippen LogP contribution in [0.5, 0.6) is 0 Å². The number of anilines is 2. The summed E-state index contributed by atoms with van der Waals surface area (Å²) >= 11 is 0. The Morgan fingerprint density at radius 2 is 2.02 bits per heavy atom. The van der Waals surface area contributed by atoms with Gasteiger partial charge in [-0.25, -0.2) is 18.7 Å². The zero-order valence-corrected chi connectivity index (χ0v) is 22.4. The number of amides is 1. The van der Waals surface area contributed by atoms with Gasteiger partial charge in [0.15, 0.2) is 17.2 Å². The molecule has 4 aromatic rings. The molecular formula is C27H29F5N8O. The van der Waals surface area contributed by atoms with Crippen LogP contribution in [0.1, 0.15) is 41.9 Å². The summed E-state index contributed by atoms with van der Waals surface area (Å²) in [6, 6.07) is 5.30. The number of carbonyl (C=O) groups excluding carboxylic acids is 1. The summed E-state index contributed by atoms with van der Waals surface area (Å²) in [7, 11) is 0. The number of imidazole rings is 1. The number of aryl methyl sites for hydroxylation is 1. The molecule has 4 heterocycles. The van der Waals surface area contributed by atoms with Crippen molar-refractivity contribution in [2.75, 3.05) is 18.4 Å². The summed E-state index contributed by atoms with van der Waals surface area (Å²) in [5.74, 6) is 0.555. The van der Waals surface area contributed by atoms with Crippen molar-refractivity contribution in [3.63, 3.8) is 0 Å². The van der Waals surface area contributed by atoms with Gasteiger partial charge in [0, 0.05) is 49.0 Å². The number of rotatable bonds is 8. The van der Waals surface area contributed by atoms with Crippen molar-refractivity contribution in [2.45, 2.75) is 51.9 Å². The molecule has 1 aliphatic rings. The number of fused-ring (bicyclic) bond motifs is 1. The van der Waals surface area contributed by atoms with E-state index in [1.165, 1.54) is 23.0 Å². The number of nitrogens with two attached hydrogens (primary N) is 1. The molecule has 0 radical (unpaired) electrons. The molecule has 0 spiro atoms. The van der Waals surface area contributed by atoms with E-state index in [0.717, 1.165) is 18.2 Å². The summed E-state index contributed by atoms with van der Waals surface area (Å²) in [5, 5.41) is 6.50. The van der Waals surface area contributed by atoms with Gasteiger partial charge in [-0.3, -0.25) is 13.9 Å². The van der Waals surface area contributed by atoms with Crippen LogP contribution in [-0.2, 0) is 19.1 Å². The molecule has 5 rings (SSSR count). The zero-order chi connectivity index (χ0) is 29.5. The van der Waals surface area contributed by atoms with E-state index in [9.17, 15) is 26.7 Å². The molecule has 9 nitrogen and oxygen atoms in total. The van der Waals surface area contributed by atoms with Crippen molar-refractivity contribution in [3.8, 4) is 11.3 Å². The van der Waals surface area contributed by atoms with E-state index in [-0.39, 0.29) is 34.7 Å². The fraction of sp³-hybridized carbons (Fsp3) is 0.407. The Morgan fingerprint density at radius 3 is 2.71 bits per heavy atom. The lowest BCUT2D eigenvalue weighted by Gasteiger charge is -2.25. The number of alkyl halides is 5.